The summed E-state index contributed by atoms with van der Waals surface area (Å²) < 4.78 is 10.5. The van der Waals surface area contributed by atoms with Crippen LogP contribution in [0.3, 0.4) is 0 Å². The Bertz CT molecular complexity index is 200. The number of nitrogens with zero attached hydrogens (tertiary/aromatic N) is 1. The zero-order valence-corrected chi connectivity index (χ0v) is 11.2. The SMILES string of the molecule is CCN(CC(O)COC(C)COC)C1CNC1. The predicted molar refractivity (Wildman–Crippen MR) is 67.2 cm³/mol. The molecule has 2 unspecified atom stereocenters. The van der Waals surface area contributed by atoms with Crippen molar-refractivity contribution in [2.24, 2.45) is 0 Å². The lowest BCUT2D eigenvalue weighted by Crippen LogP contribution is -2.58. The Balaban J connectivity index is 2.15. The maximum atomic E-state index is 9.91. The standard InChI is InChI=1S/C12H26N2O3/c1-4-14(11-5-13-6-11)7-12(15)9-17-10(2)8-16-3/h10-13,15H,4-9H2,1-3H3. The van der Waals surface area contributed by atoms with Crippen molar-refractivity contribution in [1.29, 1.82) is 0 Å². The maximum Gasteiger partial charge on any atom is 0.0900 e. The fraction of sp³-hybridized carbons (Fsp3) is 1.00. The first-order valence-corrected chi connectivity index (χ1v) is 6.40. The highest BCUT2D eigenvalue weighted by molar-refractivity contribution is 4.85. The number of methoxy groups -OCH3 is 1. The average Bonchev–Trinajstić information content (AvgIpc) is 2.23. The number of likely N-dealkylation sites (N-methyl/N-ethyl adjacent to an activating group) is 1. The fourth-order valence-corrected chi connectivity index (χ4v) is 1.95. The van der Waals surface area contributed by atoms with E-state index in [0.717, 1.165) is 19.6 Å². The summed E-state index contributed by atoms with van der Waals surface area (Å²) in [4.78, 5) is 2.30. The van der Waals surface area contributed by atoms with E-state index in [4.69, 9.17) is 9.47 Å². The zero-order chi connectivity index (χ0) is 12.7. The predicted octanol–water partition coefficient (Wildman–Crippen LogP) is -0.307. The van der Waals surface area contributed by atoms with Gasteiger partial charge in [0, 0.05) is 32.8 Å². The molecule has 1 heterocycles. The topological polar surface area (TPSA) is 54.0 Å². The molecule has 102 valence electrons. The summed E-state index contributed by atoms with van der Waals surface area (Å²) in [5, 5.41) is 13.2. The van der Waals surface area contributed by atoms with Gasteiger partial charge in [-0.05, 0) is 13.5 Å². The van der Waals surface area contributed by atoms with Crippen LogP contribution in [0.4, 0.5) is 0 Å². The van der Waals surface area contributed by atoms with Gasteiger partial charge in [0.05, 0.1) is 25.4 Å². The van der Waals surface area contributed by atoms with Crippen LogP contribution < -0.4 is 5.32 Å². The molecule has 2 atom stereocenters. The minimum atomic E-state index is -0.421. The lowest BCUT2D eigenvalue weighted by Gasteiger charge is -2.38. The van der Waals surface area contributed by atoms with Crippen molar-refractivity contribution in [3.63, 3.8) is 0 Å². The fourth-order valence-electron chi connectivity index (χ4n) is 1.95. The number of hydrogen-bond donors (Lipinski definition) is 2. The molecule has 0 radical (unpaired) electrons. The van der Waals surface area contributed by atoms with E-state index in [1.165, 1.54) is 0 Å². The molecule has 0 aromatic heterocycles. The second-order valence-electron chi connectivity index (χ2n) is 4.65. The molecule has 0 aliphatic carbocycles. The molecule has 0 aromatic rings. The van der Waals surface area contributed by atoms with Crippen LogP contribution in [0, 0.1) is 0 Å². The first-order chi connectivity index (χ1) is 8.17. The van der Waals surface area contributed by atoms with Gasteiger partial charge in [0.15, 0.2) is 0 Å². The molecule has 1 aliphatic rings. The van der Waals surface area contributed by atoms with Crippen LogP contribution in [0.15, 0.2) is 0 Å². The van der Waals surface area contributed by atoms with Crippen molar-refractivity contribution in [2.75, 3.05) is 46.5 Å². The molecule has 5 heteroatoms. The van der Waals surface area contributed by atoms with Crippen molar-refractivity contribution in [3.8, 4) is 0 Å². The van der Waals surface area contributed by atoms with Crippen LogP contribution in [-0.4, -0.2) is 74.8 Å². The number of aliphatic hydroxyl groups excluding tert-OH is 1. The Labute approximate surface area is 104 Å². The van der Waals surface area contributed by atoms with Crippen LogP contribution in [0.2, 0.25) is 0 Å². The van der Waals surface area contributed by atoms with Crippen molar-refractivity contribution >= 4 is 0 Å². The summed E-state index contributed by atoms with van der Waals surface area (Å²) in [6, 6.07) is 0.575. The third-order valence-corrected chi connectivity index (χ3v) is 3.10. The van der Waals surface area contributed by atoms with Crippen molar-refractivity contribution < 1.29 is 14.6 Å². The summed E-state index contributed by atoms with van der Waals surface area (Å²) in [7, 11) is 1.65. The number of aliphatic hydroxyl groups is 1. The average molecular weight is 246 g/mol. The van der Waals surface area contributed by atoms with Crippen LogP contribution in [0.5, 0.6) is 0 Å². The van der Waals surface area contributed by atoms with Gasteiger partial charge in [0.1, 0.15) is 0 Å². The van der Waals surface area contributed by atoms with Crippen molar-refractivity contribution in [1.82, 2.24) is 10.2 Å². The number of rotatable bonds is 9. The monoisotopic (exact) mass is 246 g/mol. The van der Waals surface area contributed by atoms with E-state index in [-0.39, 0.29) is 6.10 Å². The lowest BCUT2D eigenvalue weighted by molar-refractivity contribution is -0.0442. The minimum Gasteiger partial charge on any atom is -0.389 e. The Morgan fingerprint density at radius 1 is 1.41 bits per heavy atom. The molecule has 2 N–H and O–H groups in total. The van der Waals surface area contributed by atoms with Gasteiger partial charge in [0.2, 0.25) is 0 Å². The molecule has 0 bridgehead atoms. The van der Waals surface area contributed by atoms with Crippen molar-refractivity contribution in [3.05, 3.63) is 0 Å². The van der Waals surface area contributed by atoms with Gasteiger partial charge in [-0.2, -0.15) is 0 Å². The molecule has 1 fully saturated rings. The van der Waals surface area contributed by atoms with Gasteiger partial charge in [0.25, 0.3) is 0 Å². The largest absolute Gasteiger partial charge is 0.389 e. The van der Waals surface area contributed by atoms with E-state index in [9.17, 15) is 5.11 Å². The summed E-state index contributed by atoms with van der Waals surface area (Å²) in [6.45, 7) is 8.73. The summed E-state index contributed by atoms with van der Waals surface area (Å²) in [6.07, 6.45) is -0.384. The molecule has 0 spiro atoms. The van der Waals surface area contributed by atoms with Gasteiger partial charge in [-0.25, -0.2) is 0 Å². The van der Waals surface area contributed by atoms with Crippen LogP contribution >= 0.6 is 0 Å². The highest BCUT2D eigenvalue weighted by Crippen LogP contribution is 2.06. The van der Waals surface area contributed by atoms with E-state index in [1.807, 2.05) is 6.92 Å². The van der Waals surface area contributed by atoms with Crippen LogP contribution in [0.1, 0.15) is 13.8 Å². The molecular weight excluding hydrogens is 220 g/mol. The van der Waals surface area contributed by atoms with Gasteiger partial charge in [-0.1, -0.05) is 6.92 Å². The Morgan fingerprint density at radius 3 is 2.59 bits per heavy atom. The minimum absolute atomic E-state index is 0.0371. The Kier molecular flexibility index (Phi) is 6.99. The maximum absolute atomic E-state index is 9.91. The normalized spacial score (nSPS) is 20.3. The van der Waals surface area contributed by atoms with Gasteiger partial charge in [-0.15, -0.1) is 0 Å². The molecule has 1 aliphatic heterocycles. The van der Waals surface area contributed by atoms with Gasteiger partial charge < -0.3 is 19.9 Å². The van der Waals surface area contributed by atoms with Crippen LogP contribution in [0.25, 0.3) is 0 Å². The summed E-state index contributed by atoms with van der Waals surface area (Å²) >= 11 is 0. The third kappa shape index (κ3) is 5.31. The quantitative estimate of drug-likeness (QED) is 0.585. The molecule has 1 rings (SSSR count). The van der Waals surface area contributed by atoms with Gasteiger partial charge >= 0.3 is 0 Å². The smallest absolute Gasteiger partial charge is 0.0900 e. The second-order valence-corrected chi connectivity index (χ2v) is 4.65. The van der Waals surface area contributed by atoms with Crippen LogP contribution in [-0.2, 0) is 9.47 Å². The summed E-state index contributed by atoms with van der Waals surface area (Å²) in [5.74, 6) is 0. The van der Waals surface area contributed by atoms with Crippen molar-refractivity contribution in [2.45, 2.75) is 32.1 Å². The number of hydrogen-bond acceptors (Lipinski definition) is 5. The molecule has 5 nitrogen and oxygen atoms in total. The molecule has 0 aromatic carbocycles. The molecule has 0 saturated carbocycles. The summed E-state index contributed by atoms with van der Waals surface area (Å²) in [5.41, 5.74) is 0. The zero-order valence-electron chi connectivity index (χ0n) is 11.2. The molecule has 0 amide bonds. The number of nitrogens with one attached hydrogen (secondary N) is 1. The third-order valence-electron chi connectivity index (χ3n) is 3.10. The Hall–Kier alpha value is -0.200. The highest BCUT2D eigenvalue weighted by atomic mass is 16.5. The van der Waals surface area contributed by atoms with E-state index in [0.29, 0.717) is 25.8 Å². The van der Waals surface area contributed by atoms with E-state index in [1.54, 1.807) is 7.11 Å². The molecule has 17 heavy (non-hydrogen) atoms. The first kappa shape index (κ1) is 14.9. The van der Waals surface area contributed by atoms with E-state index < -0.39 is 6.10 Å². The second kappa shape index (κ2) is 8.00. The molecular formula is C12H26N2O3. The Morgan fingerprint density at radius 2 is 2.12 bits per heavy atom. The first-order valence-electron chi connectivity index (χ1n) is 6.40. The van der Waals surface area contributed by atoms with Gasteiger partial charge in [-0.3, -0.25) is 4.90 Å². The van der Waals surface area contributed by atoms with E-state index in [2.05, 4.69) is 17.1 Å². The number of ether oxygens (including phenoxy) is 2. The molecule has 1 saturated heterocycles. The van der Waals surface area contributed by atoms with E-state index >= 15 is 0 Å². The lowest BCUT2D eigenvalue weighted by atomic mass is 10.1. The highest BCUT2D eigenvalue weighted by Gasteiger charge is 2.25.